The Hall–Kier alpha value is -2.30. The van der Waals surface area contributed by atoms with Crippen LogP contribution in [0.15, 0.2) is 55.0 Å². The van der Waals surface area contributed by atoms with Gasteiger partial charge in [0.15, 0.2) is 0 Å². The molecule has 0 saturated carbocycles. The maximum absolute atomic E-state index is 6.01. The third kappa shape index (κ3) is 3.16. The van der Waals surface area contributed by atoms with Gasteiger partial charge in [-0.1, -0.05) is 18.2 Å². The van der Waals surface area contributed by atoms with Gasteiger partial charge in [-0.25, -0.2) is 0 Å². The van der Waals surface area contributed by atoms with Crippen molar-refractivity contribution in [2.24, 2.45) is 5.73 Å². The molecule has 4 rings (SSSR count). The van der Waals surface area contributed by atoms with Gasteiger partial charge in [0.1, 0.15) is 0 Å². The van der Waals surface area contributed by atoms with Crippen LogP contribution in [-0.2, 0) is 6.54 Å². The number of piperidine rings is 1. The van der Waals surface area contributed by atoms with E-state index in [2.05, 4.69) is 33.1 Å². The number of pyridine rings is 2. The first-order valence-electron chi connectivity index (χ1n) is 8.55. The van der Waals surface area contributed by atoms with Crippen molar-refractivity contribution in [3.8, 4) is 11.3 Å². The molecule has 1 saturated heterocycles. The lowest BCUT2D eigenvalue weighted by atomic mass is 10.0. The lowest BCUT2D eigenvalue weighted by Crippen LogP contribution is -2.39. The third-order valence-corrected chi connectivity index (χ3v) is 4.80. The van der Waals surface area contributed by atoms with Crippen molar-refractivity contribution >= 4 is 10.8 Å². The van der Waals surface area contributed by atoms with Gasteiger partial charge in [-0.2, -0.15) is 0 Å². The number of likely N-dealkylation sites (tertiary alicyclic amines) is 1. The van der Waals surface area contributed by atoms with Gasteiger partial charge in [-0.15, -0.1) is 0 Å². The molecule has 4 heteroatoms. The predicted molar refractivity (Wildman–Crippen MR) is 97.5 cm³/mol. The molecule has 4 nitrogen and oxygen atoms in total. The summed E-state index contributed by atoms with van der Waals surface area (Å²) in [4.78, 5) is 11.4. The van der Waals surface area contributed by atoms with Crippen molar-refractivity contribution in [1.82, 2.24) is 14.9 Å². The van der Waals surface area contributed by atoms with Crippen molar-refractivity contribution in [2.45, 2.75) is 25.4 Å². The zero-order valence-electron chi connectivity index (χ0n) is 13.7. The van der Waals surface area contributed by atoms with Crippen LogP contribution in [0.2, 0.25) is 0 Å². The highest BCUT2D eigenvalue weighted by molar-refractivity contribution is 5.95. The van der Waals surface area contributed by atoms with Crippen molar-refractivity contribution in [3.05, 3.63) is 60.6 Å². The Kier molecular flexibility index (Phi) is 4.24. The first-order chi connectivity index (χ1) is 11.8. The van der Waals surface area contributed by atoms with E-state index in [1.54, 1.807) is 0 Å². The highest BCUT2D eigenvalue weighted by Gasteiger charge is 2.16. The first-order valence-corrected chi connectivity index (χ1v) is 8.55. The molecular weight excluding hydrogens is 296 g/mol. The molecule has 0 unspecified atom stereocenters. The molecular formula is C20H22N4. The van der Waals surface area contributed by atoms with Crippen LogP contribution in [-0.4, -0.2) is 34.0 Å². The Morgan fingerprint density at radius 2 is 1.96 bits per heavy atom. The van der Waals surface area contributed by atoms with Crippen molar-refractivity contribution in [2.75, 3.05) is 13.1 Å². The lowest BCUT2D eigenvalue weighted by Gasteiger charge is -2.30. The predicted octanol–water partition coefficient (Wildman–Crippen LogP) is 3.22. The van der Waals surface area contributed by atoms with Crippen LogP contribution in [0.1, 0.15) is 18.4 Å². The Labute approximate surface area is 142 Å². The average molecular weight is 318 g/mol. The number of hydrogen-bond donors (Lipinski definition) is 1. The summed E-state index contributed by atoms with van der Waals surface area (Å²) in [6.45, 7) is 3.15. The Bertz CT molecular complexity index is 823. The molecule has 0 radical (unpaired) electrons. The maximum atomic E-state index is 6.01. The van der Waals surface area contributed by atoms with Gasteiger partial charge in [0.25, 0.3) is 0 Å². The van der Waals surface area contributed by atoms with Gasteiger partial charge in [0, 0.05) is 42.1 Å². The number of hydrogen-bond acceptors (Lipinski definition) is 4. The van der Waals surface area contributed by atoms with E-state index in [9.17, 15) is 0 Å². The van der Waals surface area contributed by atoms with Crippen LogP contribution >= 0.6 is 0 Å². The molecule has 0 atom stereocenters. The molecule has 3 aromatic rings. The van der Waals surface area contributed by atoms with E-state index in [0.29, 0.717) is 6.04 Å². The van der Waals surface area contributed by atoms with Gasteiger partial charge < -0.3 is 5.73 Å². The Morgan fingerprint density at radius 1 is 1.08 bits per heavy atom. The molecule has 1 fully saturated rings. The molecule has 1 aromatic carbocycles. The topological polar surface area (TPSA) is 55.0 Å². The monoisotopic (exact) mass is 318 g/mol. The average Bonchev–Trinajstić information content (AvgIpc) is 2.64. The molecule has 2 aromatic heterocycles. The number of rotatable bonds is 3. The second kappa shape index (κ2) is 6.67. The summed E-state index contributed by atoms with van der Waals surface area (Å²) < 4.78 is 0. The maximum Gasteiger partial charge on any atom is 0.0723 e. The number of nitrogens with two attached hydrogens (primary N) is 1. The molecule has 0 amide bonds. The summed E-state index contributed by atoms with van der Waals surface area (Å²) in [6.07, 6.45) is 7.85. The quantitative estimate of drug-likeness (QED) is 0.805. The minimum atomic E-state index is 0.375. The van der Waals surface area contributed by atoms with Crippen LogP contribution in [0.5, 0.6) is 0 Å². The van der Waals surface area contributed by atoms with E-state index >= 15 is 0 Å². The highest BCUT2D eigenvalue weighted by Crippen LogP contribution is 2.27. The number of aromatic nitrogens is 2. The smallest absolute Gasteiger partial charge is 0.0723 e. The van der Waals surface area contributed by atoms with Gasteiger partial charge in [0.05, 0.1) is 5.69 Å². The SMILES string of the molecule is NC1CCN(Cc2ccc3cncc(-c4ccccn4)c3c2)CC1. The van der Waals surface area contributed by atoms with Crippen LogP contribution in [0.25, 0.3) is 22.0 Å². The van der Waals surface area contributed by atoms with Gasteiger partial charge >= 0.3 is 0 Å². The fraction of sp³-hybridized carbons (Fsp3) is 0.300. The van der Waals surface area contributed by atoms with Gasteiger partial charge in [-0.05, 0) is 55.1 Å². The van der Waals surface area contributed by atoms with Crippen molar-refractivity contribution in [1.29, 1.82) is 0 Å². The van der Waals surface area contributed by atoms with E-state index in [-0.39, 0.29) is 0 Å². The summed E-state index contributed by atoms with van der Waals surface area (Å²) in [5.74, 6) is 0. The second-order valence-electron chi connectivity index (χ2n) is 6.57. The van der Waals surface area contributed by atoms with Crippen LogP contribution in [0.4, 0.5) is 0 Å². The molecule has 0 aliphatic carbocycles. The largest absolute Gasteiger partial charge is 0.328 e. The first kappa shape index (κ1) is 15.2. The summed E-state index contributed by atoms with van der Waals surface area (Å²) in [5, 5.41) is 2.37. The van der Waals surface area contributed by atoms with E-state index in [0.717, 1.165) is 49.1 Å². The molecule has 1 aliphatic heterocycles. The number of nitrogens with zero attached hydrogens (tertiary/aromatic N) is 3. The van der Waals surface area contributed by atoms with E-state index in [1.807, 2.05) is 36.8 Å². The number of benzene rings is 1. The molecule has 0 spiro atoms. The summed E-state index contributed by atoms with van der Waals surface area (Å²) in [5.41, 5.74) is 9.41. The second-order valence-corrected chi connectivity index (χ2v) is 6.57. The fourth-order valence-electron chi connectivity index (χ4n) is 3.40. The molecule has 0 bridgehead atoms. The van der Waals surface area contributed by atoms with E-state index < -0.39 is 0 Å². The van der Waals surface area contributed by atoms with Crippen LogP contribution in [0, 0.1) is 0 Å². The molecule has 3 heterocycles. The minimum Gasteiger partial charge on any atom is -0.328 e. The molecule has 1 aliphatic rings. The van der Waals surface area contributed by atoms with E-state index in [4.69, 9.17) is 5.73 Å². The van der Waals surface area contributed by atoms with E-state index in [1.165, 1.54) is 10.9 Å². The molecule has 122 valence electrons. The summed E-state index contributed by atoms with van der Waals surface area (Å²) in [6, 6.07) is 13.0. The highest BCUT2D eigenvalue weighted by atomic mass is 15.1. The summed E-state index contributed by atoms with van der Waals surface area (Å²) >= 11 is 0. The van der Waals surface area contributed by atoms with Crippen molar-refractivity contribution in [3.63, 3.8) is 0 Å². The zero-order valence-corrected chi connectivity index (χ0v) is 13.7. The Morgan fingerprint density at radius 3 is 2.75 bits per heavy atom. The third-order valence-electron chi connectivity index (χ3n) is 4.80. The molecule has 2 N–H and O–H groups in total. The molecule has 24 heavy (non-hydrogen) atoms. The Balaban J connectivity index is 1.67. The van der Waals surface area contributed by atoms with Gasteiger partial charge in [0.2, 0.25) is 0 Å². The normalized spacial score (nSPS) is 16.5. The van der Waals surface area contributed by atoms with Crippen LogP contribution in [0.3, 0.4) is 0 Å². The van der Waals surface area contributed by atoms with Crippen LogP contribution < -0.4 is 5.73 Å². The summed E-state index contributed by atoms with van der Waals surface area (Å²) in [7, 11) is 0. The minimum absolute atomic E-state index is 0.375. The lowest BCUT2D eigenvalue weighted by molar-refractivity contribution is 0.206. The zero-order chi connectivity index (χ0) is 16.4. The standard InChI is InChI=1S/C20H22N4/c21-17-6-9-24(10-7-17)14-15-4-5-16-12-22-13-19(18(16)11-15)20-3-1-2-8-23-20/h1-5,8,11-13,17H,6-7,9-10,14,21H2. The fourth-order valence-corrected chi connectivity index (χ4v) is 3.40. The van der Waals surface area contributed by atoms with Gasteiger partial charge in [-0.3, -0.25) is 14.9 Å². The van der Waals surface area contributed by atoms with Crippen molar-refractivity contribution < 1.29 is 0 Å². The number of fused-ring (bicyclic) bond motifs is 1.